The molecule has 2 amide bonds. The quantitative estimate of drug-likeness (QED) is 0.819. The molecule has 1 unspecified atom stereocenters. The summed E-state index contributed by atoms with van der Waals surface area (Å²) in [7, 11) is 1.51. The van der Waals surface area contributed by atoms with Crippen LogP contribution in [-0.4, -0.2) is 35.0 Å². The number of methoxy groups -OCH3 is 1. The normalized spacial score (nSPS) is 18.9. The van der Waals surface area contributed by atoms with E-state index < -0.39 is 12.0 Å². The molecule has 0 radical (unpaired) electrons. The van der Waals surface area contributed by atoms with Crippen LogP contribution in [0.5, 0.6) is 11.8 Å². The van der Waals surface area contributed by atoms with E-state index in [1.807, 2.05) is 13.8 Å². The van der Waals surface area contributed by atoms with Gasteiger partial charge in [0.15, 0.2) is 6.10 Å². The van der Waals surface area contributed by atoms with Crippen molar-refractivity contribution >= 4 is 11.8 Å². The Bertz CT molecular complexity index is 530. The Kier molecular flexibility index (Phi) is 4.16. The van der Waals surface area contributed by atoms with Gasteiger partial charge in [0.05, 0.1) is 13.3 Å². The highest BCUT2D eigenvalue weighted by molar-refractivity contribution is 5.99. The second kappa shape index (κ2) is 5.85. The van der Waals surface area contributed by atoms with E-state index in [2.05, 4.69) is 15.3 Å². The minimum Gasteiger partial charge on any atom is -0.480 e. The van der Waals surface area contributed by atoms with Crippen molar-refractivity contribution in [1.29, 1.82) is 0 Å². The monoisotopic (exact) mass is 279 g/mol. The molecular formula is C13H17N3O4. The van der Waals surface area contributed by atoms with Gasteiger partial charge in [0.1, 0.15) is 5.69 Å². The number of imide groups is 1. The molecule has 1 atom stereocenters. The van der Waals surface area contributed by atoms with E-state index >= 15 is 0 Å². The second-order valence-electron chi connectivity index (χ2n) is 4.82. The first-order chi connectivity index (χ1) is 9.51. The molecule has 0 saturated carbocycles. The number of nitrogens with zero attached hydrogens (tertiary/aromatic N) is 2. The van der Waals surface area contributed by atoms with Gasteiger partial charge in [0, 0.05) is 18.8 Å². The van der Waals surface area contributed by atoms with Crippen LogP contribution in [-0.2, 0) is 9.59 Å². The Morgan fingerprint density at radius 1 is 1.40 bits per heavy atom. The summed E-state index contributed by atoms with van der Waals surface area (Å²) >= 11 is 0. The highest BCUT2D eigenvalue weighted by Gasteiger charge is 2.29. The van der Waals surface area contributed by atoms with Crippen molar-refractivity contribution in [2.45, 2.75) is 38.7 Å². The summed E-state index contributed by atoms with van der Waals surface area (Å²) < 4.78 is 10.6. The third-order valence-electron chi connectivity index (χ3n) is 2.94. The number of amides is 2. The highest BCUT2D eigenvalue weighted by atomic mass is 16.5. The molecule has 2 rings (SSSR count). The lowest BCUT2D eigenvalue weighted by molar-refractivity contribution is -0.139. The molecule has 1 N–H and O–H groups in total. The number of aromatic nitrogens is 2. The molecule has 1 aromatic heterocycles. The van der Waals surface area contributed by atoms with Gasteiger partial charge < -0.3 is 9.47 Å². The van der Waals surface area contributed by atoms with Crippen LogP contribution in [0.15, 0.2) is 6.20 Å². The predicted molar refractivity (Wildman–Crippen MR) is 69.5 cm³/mol. The number of carbonyl (C=O) groups excluding carboxylic acids is 2. The average Bonchev–Trinajstić information content (AvgIpc) is 2.41. The zero-order valence-electron chi connectivity index (χ0n) is 11.7. The van der Waals surface area contributed by atoms with E-state index in [9.17, 15) is 9.59 Å². The van der Waals surface area contributed by atoms with Crippen molar-refractivity contribution in [3.8, 4) is 11.8 Å². The molecule has 1 aliphatic rings. The number of piperidine rings is 1. The van der Waals surface area contributed by atoms with Crippen LogP contribution in [0.2, 0.25) is 0 Å². The Hall–Kier alpha value is -2.18. The van der Waals surface area contributed by atoms with Crippen LogP contribution in [0.3, 0.4) is 0 Å². The van der Waals surface area contributed by atoms with Crippen molar-refractivity contribution in [3.05, 3.63) is 11.9 Å². The highest BCUT2D eigenvalue weighted by Crippen LogP contribution is 2.24. The van der Waals surface area contributed by atoms with Crippen LogP contribution in [0.4, 0.5) is 0 Å². The van der Waals surface area contributed by atoms with Gasteiger partial charge in [-0.3, -0.25) is 14.9 Å². The number of ether oxygens (including phenoxy) is 2. The van der Waals surface area contributed by atoms with E-state index in [1.54, 1.807) is 0 Å². The van der Waals surface area contributed by atoms with Gasteiger partial charge in [-0.2, -0.15) is 4.98 Å². The van der Waals surface area contributed by atoms with Gasteiger partial charge in [0.2, 0.25) is 17.7 Å². The molecule has 1 fully saturated rings. The number of nitrogens with one attached hydrogen (secondary N) is 1. The third kappa shape index (κ3) is 3.04. The molecule has 7 heteroatoms. The van der Waals surface area contributed by atoms with E-state index in [0.29, 0.717) is 12.3 Å². The van der Waals surface area contributed by atoms with Gasteiger partial charge in [-0.05, 0) is 0 Å². The number of hydrogen-bond donors (Lipinski definition) is 1. The molecule has 0 bridgehead atoms. The predicted octanol–water partition coefficient (Wildman–Crippen LogP) is 0.793. The van der Waals surface area contributed by atoms with Gasteiger partial charge in [-0.15, -0.1) is 0 Å². The van der Waals surface area contributed by atoms with Crippen LogP contribution in [0.25, 0.3) is 0 Å². The molecule has 1 aromatic rings. The van der Waals surface area contributed by atoms with Crippen molar-refractivity contribution in [2.75, 3.05) is 7.11 Å². The Labute approximate surface area is 116 Å². The van der Waals surface area contributed by atoms with E-state index in [1.165, 1.54) is 13.3 Å². The summed E-state index contributed by atoms with van der Waals surface area (Å²) in [6.07, 6.45) is 1.32. The van der Waals surface area contributed by atoms with Crippen LogP contribution in [0, 0.1) is 0 Å². The molecular weight excluding hydrogens is 262 g/mol. The molecule has 20 heavy (non-hydrogen) atoms. The van der Waals surface area contributed by atoms with Crippen LogP contribution < -0.4 is 14.8 Å². The fraction of sp³-hybridized carbons (Fsp3) is 0.538. The topological polar surface area (TPSA) is 90.4 Å². The maximum atomic E-state index is 11.6. The van der Waals surface area contributed by atoms with Crippen molar-refractivity contribution in [1.82, 2.24) is 15.3 Å². The van der Waals surface area contributed by atoms with Crippen molar-refractivity contribution in [2.24, 2.45) is 0 Å². The smallest absolute Gasteiger partial charge is 0.267 e. The molecule has 2 heterocycles. The van der Waals surface area contributed by atoms with Gasteiger partial charge in [0.25, 0.3) is 5.91 Å². The summed E-state index contributed by atoms with van der Waals surface area (Å²) in [5.74, 6) is 0.0243. The minimum absolute atomic E-state index is 0.169. The van der Waals surface area contributed by atoms with Gasteiger partial charge >= 0.3 is 0 Å². The standard InChI is InChI=1S/C13H17N3O4/c1-7(2)11-13(19-3)16-10(6-14-11)20-8-4-5-9(17)15-12(8)18/h6-8H,4-5H2,1-3H3,(H,15,17,18). The molecule has 1 aliphatic heterocycles. The molecule has 0 spiro atoms. The molecule has 0 aromatic carbocycles. The lowest BCUT2D eigenvalue weighted by atomic mass is 10.1. The lowest BCUT2D eigenvalue weighted by Crippen LogP contribution is -2.46. The zero-order chi connectivity index (χ0) is 14.7. The molecule has 0 aliphatic carbocycles. The lowest BCUT2D eigenvalue weighted by Gasteiger charge is -2.21. The molecule has 7 nitrogen and oxygen atoms in total. The Balaban J connectivity index is 2.14. The summed E-state index contributed by atoms with van der Waals surface area (Å²) in [4.78, 5) is 31.1. The van der Waals surface area contributed by atoms with Crippen molar-refractivity contribution in [3.63, 3.8) is 0 Å². The Morgan fingerprint density at radius 3 is 2.75 bits per heavy atom. The average molecular weight is 279 g/mol. The first-order valence-electron chi connectivity index (χ1n) is 6.42. The van der Waals surface area contributed by atoms with Crippen molar-refractivity contribution < 1.29 is 19.1 Å². The first-order valence-corrected chi connectivity index (χ1v) is 6.42. The first kappa shape index (κ1) is 14.2. The molecule has 1 saturated heterocycles. The maximum absolute atomic E-state index is 11.6. The summed E-state index contributed by atoms with van der Waals surface area (Å²) in [6.45, 7) is 3.96. The van der Waals surface area contributed by atoms with Crippen LogP contribution in [0.1, 0.15) is 38.3 Å². The summed E-state index contributed by atoms with van der Waals surface area (Å²) in [6, 6.07) is 0. The van der Waals surface area contributed by atoms with Gasteiger partial charge in [-0.25, -0.2) is 4.98 Å². The fourth-order valence-corrected chi connectivity index (χ4v) is 1.90. The van der Waals surface area contributed by atoms with E-state index in [0.717, 1.165) is 5.69 Å². The minimum atomic E-state index is -0.725. The number of hydrogen-bond acceptors (Lipinski definition) is 6. The number of rotatable bonds is 4. The molecule has 108 valence electrons. The van der Waals surface area contributed by atoms with Crippen LogP contribution >= 0.6 is 0 Å². The number of carbonyl (C=O) groups is 2. The van der Waals surface area contributed by atoms with E-state index in [-0.39, 0.29) is 24.1 Å². The third-order valence-corrected chi connectivity index (χ3v) is 2.94. The maximum Gasteiger partial charge on any atom is 0.267 e. The second-order valence-corrected chi connectivity index (χ2v) is 4.82. The summed E-state index contributed by atoms with van der Waals surface area (Å²) in [5, 5.41) is 2.23. The zero-order valence-corrected chi connectivity index (χ0v) is 11.7. The fourth-order valence-electron chi connectivity index (χ4n) is 1.90. The summed E-state index contributed by atoms with van der Waals surface area (Å²) in [5.41, 5.74) is 0.725. The SMILES string of the molecule is COc1nc(OC2CCC(=O)NC2=O)cnc1C(C)C. The largest absolute Gasteiger partial charge is 0.480 e. The van der Waals surface area contributed by atoms with Gasteiger partial charge in [-0.1, -0.05) is 13.8 Å². The Morgan fingerprint density at radius 2 is 2.15 bits per heavy atom. The van der Waals surface area contributed by atoms with E-state index in [4.69, 9.17) is 9.47 Å².